The highest BCUT2D eigenvalue weighted by atomic mass is 35.5. The zero-order chi connectivity index (χ0) is 18.5. The molecule has 2 aromatic rings. The number of hydrogen-bond donors (Lipinski definition) is 0. The number of hydrogen-bond acceptors (Lipinski definition) is 2. The van der Waals surface area contributed by atoms with E-state index >= 15 is 0 Å². The molecule has 0 bridgehead atoms. The van der Waals surface area contributed by atoms with Crippen LogP contribution in [0.5, 0.6) is 0 Å². The Balaban J connectivity index is 1.53. The van der Waals surface area contributed by atoms with Gasteiger partial charge in [-0.2, -0.15) is 0 Å². The fourth-order valence-electron chi connectivity index (χ4n) is 3.26. The Morgan fingerprint density at radius 1 is 0.885 bits per heavy atom. The number of amides is 2. The first-order valence-electron chi connectivity index (χ1n) is 8.92. The first-order valence-corrected chi connectivity index (χ1v) is 9.30. The summed E-state index contributed by atoms with van der Waals surface area (Å²) in [4.78, 5) is 28.8. The largest absolute Gasteiger partial charge is 0.357 e. The van der Waals surface area contributed by atoms with E-state index in [1.807, 2.05) is 52.0 Å². The Morgan fingerprint density at radius 3 is 2.00 bits per heavy atom. The standard InChI is InChI=1S/C20H24ClN3O2/c1-22-10-7-17(15-22)14-20(26)24-9-2-8-23(11-12-24)19(25)13-16-3-5-18(21)6-4-16/h3-7,10,15H,2,8-9,11-14H2,1H3. The number of carbonyl (C=O) groups is 2. The van der Waals surface area contributed by atoms with Crippen molar-refractivity contribution in [2.75, 3.05) is 26.2 Å². The Bertz CT molecular complexity index is 770. The molecule has 0 atom stereocenters. The van der Waals surface area contributed by atoms with E-state index in [1.165, 1.54) is 0 Å². The topological polar surface area (TPSA) is 45.6 Å². The Labute approximate surface area is 159 Å². The highest BCUT2D eigenvalue weighted by Gasteiger charge is 2.22. The van der Waals surface area contributed by atoms with E-state index < -0.39 is 0 Å². The predicted molar refractivity (Wildman–Crippen MR) is 102 cm³/mol. The average molecular weight is 374 g/mol. The summed E-state index contributed by atoms with van der Waals surface area (Å²) in [7, 11) is 1.95. The van der Waals surface area contributed by atoms with Crippen molar-refractivity contribution in [3.05, 3.63) is 58.9 Å². The molecule has 1 saturated heterocycles. The van der Waals surface area contributed by atoms with Crippen LogP contribution in [-0.4, -0.2) is 52.4 Å². The molecular formula is C20H24ClN3O2. The van der Waals surface area contributed by atoms with E-state index in [0.29, 0.717) is 44.0 Å². The summed E-state index contributed by atoms with van der Waals surface area (Å²) in [5, 5.41) is 0.670. The van der Waals surface area contributed by atoms with Gasteiger partial charge in [0.05, 0.1) is 12.8 Å². The van der Waals surface area contributed by atoms with Crippen LogP contribution < -0.4 is 0 Å². The van der Waals surface area contributed by atoms with Crippen LogP contribution in [0.4, 0.5) is 0 Å². The molecule has 2 amide bonds. The summed E-state index contributed by atoms with van der Waals surface area (Å²) in [6, 6.07) is 9.34. The molecule has 0 unspecified atom stereocenters. The third-order valence-electron chi connectivity index (χ3n) is 4.72. The lowest BCUT2D eigenvalue weighted by atomic mass is 10.1. The maximum Gasteiger partial charge on any atom is 0.227 e. The summed E-state index contributed by atoms with van der Waals surface area (Å²) in [5.41, 5.74) is 1.98. The van der Waals surface area contributed by atoms with Crippen molar-refractivity contribution in [2.24, 2.45) is 7.05 Å². The van der Waals surface area contributed by atoms with E-state index in [-0.39, 0.29) is 11.8 Å². The van der Waals surface area contributed by atoms with Crippen molar-refractivity contribution < 1.29 is 9.59 Å². The summed E-state index contributed by atoms with van der Waals surface area (Å²) in [6.07, 6.45) is 5.52. The zero-order valence-corrected chi connectivity index (χ0v) is 15.8. The van der Waals surface area contributed by atoms with Crippen molar-refractivity contribution in [2.45, 2.75) is 19.3 Å². The number of benzene rings is 1. The molecule has 0 spiro atoms. The van der Waals surface area contributed by atoms with Crippen molar-refractivity contribution >= 4 is 23.4 Å². The molecule has 2 heterocycles. The van der Waals surface area contributed by atoms with Crippen molar-refractivity contribution in [3.63, 3.8) is 0 Å². The van der Waals surface area contributed by atoms with Crippen LogP contribution in [0.3, 0.4) is 0 Å². The Morgan fingerprint density at radius 2 is 1.46 bits per heavy atom. The molecule has 0 N–H and O–H groups in total. The van der Waals surface area contributed by atoms with E-state index in [4.69, 9.17) is 11.6 Å². The molecule has 0 aliphatic carbocycles. The lowest BCUT2D eigenvalue weighted by Gasteiger charge is -2.22. The average Bonchev–Trinajstić information content (AvgIpc) is 2.87. The maximum absolute atomic E-state index is 12.6. The Hall–Kier alpha value is -2.27. The normalized spacial score (nSPS) is 15.0. The maximum atomic E-state index is 12.6. The quantitative estimate of drug-likeness (QED) is 0.826. The molecule has 26 heavy (non-hydrogen) atoms. The minimum Gasteiger partial charge on any atom is -0.357 e. The van der Waals surface area contributed by atoms with E-state index in [2.05, 4.69) is 0 Å². The van der Waals surface area contributed by atoms with Gasteiger partial charge in [0.25, 0.3) is 0 Å². The SMILES string of the molecule is Cn1ccc(CC(=O)N2CCCN(C(=O)Cc3ccc(Cl)cc3)CC2)c1. The number of halogens is 1. The van der Waals surface area contributed by atoms with Gasteiger partial charge in [-0.3, -0.25) is 9.59 Å². The van der Waals surface area contributed by atoms with Crippen LogP contribution >= 0.6 is 11.6 Å². The molecule has 3 rings (SSSR count). The van der Waals surface area contributed by atoms with E-state index in [9.17, 15) is 9.59 Å². The third-order valence-corrected chi connectivity index (χ3v) is 4.97. The second-order valence-electron chi connectivity index (χ2n) is 6.78. The summed E-state index contributed by atoms with van der Waals surface area (Å²) in [6.45, 7) is 2.59. The highest BCUT2D eigenvalue weighted by molar-refractivity contribution is 6.30. The van der Waals surface area contributed by atoms with Crippen molar-refractivity contribution in [1.29, 1.82) is 0 Å². The van der Waals surface area contributed by atoms with Gasteiger partial charge in [0.15, 0.2) is 0 Å². The zero-order valence-electron chi connectivity index (χ0n) is 15.0. The second-order valence-corrected chi connectivity index (χ2v) is 7.22. The van der Waals surface area contributed by atoms with Gasteiger partial charge in [-0.1, -0.05) is 23.7 Å². The molecule has 6 heteroatoms. The molecule has 138 valence electrons. The summed E-state index contributed by atoms with van der Waals surface area (Å²) >= 11 is 5.89. The van der Waals surface area contributed by atoms with Gasteiger partial charge in [0.2, 0.25) is 11.8 Å². The van der Waals surface area contributed by atoms with Crippen LogP contribution in [-0.2, 0) is 29.5 Å². The number of aryl methyl sites for hydroxylation is 1. The summed E-state index contributed by atoms with van der Waals surface area (Å²) in [5.74, 6) is 0.230. The molecule has 1 aliphatic rings. The molecule has 0 radical (unpaired) electrons. The first-order chi connectivity index (χ1) is 12.5. The molecular weight excluding hydrogens is 350 g/mol. The minimum absolute atomic E-state index is 0.102. The van der Waals surface area contributed by atoms with Gasteiger partial charge in [0, 0.05) is 50.6 Å². The van der Waals surface area contributed by atoms with Crippen LogP contribution in [0, 0.1) is 0 Å². The van der Waals surface area contributed by atoms with Gasteiger partial charge in [-0.15, -0.1) is 0 Å². The first kappa shape index (κ1) is 18.5. The number of carbonyl (C=O) groups excluding carboxylic acids is 2. The second kappa shape index (κ2) is 8.41. The number of nitrogens with zero attached hydrogens (tertiary/aromatic N) is 3. The molecule has 1 aromatic heterocycles. The molecule has 0 saturated carbocycles. The molecule has 1 aromatic carbocycles. The third kappa shape index (κ3) is 4.88. The van der Waals surface area contributed by atoms with Gasteiger partial charge in [-0.05, 0) is 35.7 Å². The lowest BCUT2D eigenvalue weighted by molar-refractivity contribution is -0.132. The monoisotopic (exact) mass is 373 g/mol. The highest BCUT2D eigenvalue weighted by Crippen LogP contribution is 2.13. The predicted octanol–water partition coefficient (Wildman–Crippen LogP) is 2.52. The van der Waals surface area contributed by atoms with Gasteiger partial charge in [-0.25, -0.2) is 0 Å². The van der Waals surface area contributed by atoms with Crippen LogP contribution in [0.1, 0.15) is 17.5 Å². The van der Waals surface area contributed by atoms with E-state index in [0.717, 1.165) is 17.5 Å². The Kier molecular flexibility index (Phi) is 5.99. The molecule has 5 nitrogen and oxygen atoms in total. The minimum atomic E-state index is 0.102. The molecule has 1 fully saturated rings. The number of aromatic nitrogens is 1. The van der Waals surface area contributed by atoms with Gasteiger partial charge >= 0.3 is 0 Å². The van der Waals surface area contributed by atoms with Crippen LogP contribution in [0.2, 0.25) is 5.02 Å². The van der Waals surface area contributed by atoms with Gasteiger partial charge in [0.1, 0.15) is 0 Å². The van der Waals surface area contributed by atoms with Crippen LogP contribution in [0.15, 0.2) is 42.7 Å². The fraction of sp³-hybridized carbons (Fsp3) is 0.400. The van der Waals surface area contributed by atoms with Crippen molar-refractivity contribution in [1.82, 2.24) is 14.4 Å². The van der Waals surface area contributed by atoms with Crippen molar-refractivity contribution in [3.8, 4) is 0 Å². The number of rotatable bonds is 4. The van der Waals surface area contributed by atoms with E-state index in [1.54, 1.807) is 12.1 Å². The van der Waals surface area contributed by atoms with Gasteiger partial charge < -0.3 is 14.4 Å². The lowest BCUT2D eigenvalue weighted by Crippen LogP contribution is -2.38. The summed E-state index contributed by atoms with van der Waals surface area (Å²) < 4.78 is 1.95. The molecule has 1 aliphatic heterocycles. The fourth-order valence-corrected chi connectivity index (χ4v) is 3.38. The smallest absolute Gasteiger partial charge is 0.227 e. The van der Waals surface area contributed by atoms with Crippen LogP contribution in [0.25, 0.3) is 0 Å².